The second-order valence-corrected chi connectivity index (χ2v) is 4.25. The number of hydrogen-bond acceptors (Lipinski definition) is 2. The van der Waals surface area contributed by atoms with Crippen molar-refractivity contribution in [3.05, 3.63) is 29.8 Å². The number of rotatable bonds is 4. The second-order valence-electron chi connectivity index (χ2n) is 4.25. The summed E-state index contributed by atoms with van der Waals surface area (Å²) in [7, 11) is 0. The number of amides is 1. The van der Waals surface area contributed by atoms with Gasteiger partial charge in [-0.1, -0.05) is 13.3 Å². The quantitative estimate of drug-likeness (QED) is 0.852. The van der Waals surface area contributed by atoms with Crippen LogP contribution < -0.4 is 11.1 Å². The molecule has 0 radical (unpaired) electrons. The SMILES string of the molecule is CCCC(C)(N)C(=O)Nc1cc(F)ccc1F. The zero-order valence-electron chi connectivity index (χ0n) is 9.89. The Morgan fingerprint density at radius 3 is 2.71 bits per heavy atom. The largest absolute Gasteiger partial charge is 0.322 e. The number of halogens is 2. The average molecular weight is 242 g/mol. The van der Waals surface area contributed by atoms with Crippen LogP contribution in [0.3, 0.4) is 0 Å². The van der Waals surface area contributed by atoms with Gasteiger partial charge in [-0.15, -0.1) is 0 Å². The van der Waals surface area contributed by atoms with Crippen LogP contribution in [0.5, 0.6) is 0 Å². The van der Waals surface area contributed by atoms with Crippen LogP contribution >= 0.6 is 0 Å². The van der Waals surface area contributed by atoms with Crippen molar-refractivity contribution in [1.82, 2.24) is 0 Å². The van der Waals surface area contributed by atoms with E-state index in [1.54, 1.807) is 6.92 Å². The molecule has 0 saturated heterocycles. The van der Waals surface area contributed by atoms with Crippen molar-refractivity contribution in [2.24, 2.45) is 5.73 Å². The third kappa shape index (κ3) is 3.49. The van der Waals surface area contributed by atoms with Gasteiger partial charge < -0.3 is 11.1 Å². The molecule has 94 valence electrons. The summed E-state index contributed by atoms with van der Waals surface area (Å²) in [4.78, 5) is 11.8. The fraction of sp³-hybridized carbons (Fsp3) is 0.417. The third-order valence-corrected chi connectivity index (χ3v) is 2.46. The van der Waals surface area contributed by atoms with Crippen LogP contribution in [-0.4, -0.2) is 11.4 Å². The van der Waals surface area contributed by atoms with Crippen LogP contribution in [0.2, 0.25) is 0 Å². The van der Waals surface area contributed by atoms with Gasteiger partial charge in [0.2, 0.25) is 5.91 Å². The summed E-state index contributed by atoms with van der Waals surface area (Å²) in [6, 6.07) is 2.87. The number of carbonyl (C=O) groups is 1. The number of carbonyl (C=O) groups excluding carboxylic acids is 1. The predicted molar refractivity (Wildman–Crippen MR) is 62.5 cm³/mol. The van der Waals surface area contributed by atoms with Crippen molar-refractivity contribution in [3.8, 4) is 0 Å². The highest BCUT2D eigenvalue weighted by Crippen LogP contribution is 2.18. The summed E-state index contributed by atoms with van der Waals surface area (Å²) in [6.07, 6.45) is 1.20. The monoisotopic (exact) mass is 242 g/mol. The van der Waals surface area contributed by atoms with Crippen molar-refractivity contribution in [1.29, 1.82) is 0 Å². The van der Waals surface area contributed by atoms with E-state index in [0.717, 1.165) is 24.6 Å². The van der Waals surface area contributed by atoms with Crippen LogP contribution in [-0.2, 0) is 4.79 Å². The molecule has 0 saturated carbocycles. The predicted octanol–water partition coefficient (Wildman–Crippen LogP) is 2.42. The number of nitrogens with two attached hydrogens (primary N) is 1. The zero-order valence-corrected chi connectivity index (χ0v) is 9.89. The van der Waals surface area contributed by atoms with Gasteiger partial charge in [0, 0.05) is 6.07 Å². The molecule has 0 aliphatic rings. The molecule has 1 unspecified atom stereocenters. The Hall–Kier alpha value is -1.49. The van der Waals surface area contributed by atoms with Crippen molar-refractivity contribution in [3.63, 3.8) is 0 Å². The van der Waals surface area contributed by atoms with Gasteiger partial charge >= 0.3 is 0 Å². The number of hydrogen-bond donors (Lipinski definition) is 2. The van der Waals surface area contributed by atoms with Gasteiger partial charge in [0.25, 0.3) is 0 Å². The molecular weight excluding hydrogens is 226 g/mol. The fourth-order valence-corrected chi connectivity index (χ4v) is 1.49. The lowest BCUT2D eigenvalue weighted by atomic mass is 9.96. The summed E-state index contributed by atoms with van der Waals surface area (Å²) in [5.74, 6) is -1.83. The van der Waals surface area contributed by atoms with Gasteiger partial charge in [-0.3, -0.25) is 4.79 Å². The molecule has 0 spiro atoms. The lowest BCUT2D eigenvalue weighted by Crippen LogP contribution is -2.48. The maximum atomic E-state index is 13.3. The van der Waals surface area contributed by atoms with E-state index in [1.165, 1.54) is 0 Å². The van der Waals surface area contributed by atoms with E-state index in [0.29, 0.717) is 6.42 Å². The lowest BCUT2D eigenvalue weighted by Gasteiger charge is -2.22. The molecule has 3 nitrogen and oxygen atoms in total. The molecule has 0 fully saturated rings. The first-order valence-corrected chi connectivity index (χ1v) is 5.42. The molecule has 0 aromatic heterocycles. The van der Waals surface area contributed by atoms with Crippen LogP contribution in [0.15, 0.2) is 18.2 Å². The normalized spacial score (nSPS) is 14.2. The van der Waals surface area contributed by atoms with Gasteiger partial charge in [-0.2, -0.15) is 0 Å². The van der Waals surface area contributed by atoms with E-state index in [9.17, 15) is 13.6 Å². The zero-order chi connectivity index (χ0) is 13.1. The molecule has 1 rings (SSSR count). The van der Waals surface area contributed by atoms with Crippen molar-refractivity contribution in [2.45, 2.75) is 32.2 Å². The van der Waals surface area contributed by atoms with E-state index in [-0.39, 0.29) is 5.69 Å². The van der Waals surface area contributed by atoms with Crippen LogP contribution in [0.4, 0.5) is 14.5 Å². The van der Waals surface area contributed by atoms with E-state index in [4.69, 9.17) is 5.73 Å². The first-order valence-electron chi connectivity index (χ1n) is 5.42. The maximum absolute atomic E-state index is 13.3. The van der Waals surface area contributed by atoms with Crippen LogP contribution in [0.25, 0.3) is 0 Å². The summed E-state index contributed by atoms with van der Waals surface area (Å²) >= 11 is 0. The smallest absolute Gasteiger partial charge is 0.244 e. The molecule has 3 N–H and O–H groups in total. The van der Waals surface area contributed by atoms with Crippen molar-refractivity contribution < 1.29 is 13.6 Å². The molecule has 5 heteroatoms. The van der Waals surface area contributed by atoms with E-state index >= 15 is 0 Å². The van der Waals surface area contributed by atoms with Gasteiger partial charge in [0.15, 0.2) is 0 Å². The second kappa shape index (κ2) is 5.23. The Morgan fingerprint density at radius 1 is 1.47 bits per heavy atom. The van der Waals surface area contributed by atoms with Gasteiger partial charge in [-0.05, 0) is 25.5 Å². The third-order valence-electron chi connectivity index (χ3n) is 2.46. The highest BCUT2D eigenvalue weighted by molar-refractivity contribution is 5.97. The van der Waals surface area contributed by atoms with Crippen molar-refractivity contribution in [2.75, 3.05) is 5.32 Å². The molecule has 0 aliphatic carbocycles. The summed E-state index contributed by atoms with van der Waals surface area (Å²) < 4.78 is 26.2. The highest BCUT2D eigenvalue weighted by Gasteiger charge is 2.27. The Balaban J connectivity index is 2.84. The van der Waals surface area contributed by atoms with E-state index in [1.807, 2.05) is 6.92 Å². The minimum Gasteiger partial charge on any atom is -0.322 e. The first kappa shape index (κ1) is 13.6. The van der Waals surface area contributed by atoms with Gasteiger partial charge in [0.05, 0.1) is 11.2 Å². The molecule has 0 aliphatic heterocycles. The van der Waals surface area contributed by atoms with Crippen molar-refractivity contribution >= 4 is 11.6 Å². The minimum absolute atomic E-state index is 0.192. The lowest BCUT2D eigenvalue weighted by molar-refractivity contribution is -0.120. The number of benzene rings is 1. The topological polar surface area (TPSA) is 55.1 Å². The molecule has 17 heavy (non-hydrogen) atoms. The molecule has 1 aromatic rings. The summed E-state index contributed by atoms with van der Waals surface area (Å²) in [5.41, 5.74) is 4.50. The molecular formula is C12H16F2N2O. The Kier molecular flexibility index (Phi) is 4.17. The number of nitrogens with one attached hydrogen (secondary N) is 1. The molecule has 0 bridgehead atoms. The minimum atomic E-state index is -1.09. The fourth-order valence-electron chi connectivity index (χ4n) is 1.49. The Bertz CT molecular complexity index is 419. The van der Waals surface area contributed by atoms with E-state index in [2.05, 4.69) is 5.32 Å². The van der Waals surface area contributed by atoms with E-state index < -0.39 is 23.1 Å². The standard InChI is InChI=1S/C12H16F2N2O/c1-3-6-12(2,15)11(17)16-10-7-8(13)4-5-9(10)14/h4-5,7H,3,6,15H2,1-2H3,(H,16,17). The van der Waals surface area contributed by atoms with Crippen LogP contribution in [0, 0.1) is 11.6 Å². The maximum Gasteiger partial charge on any atom is 0.244 e. The Labute approximate surface area is 99.0 Å². The molecule has 1 amide bonds. The highest BCUT2D eigenvalue weighted by atomic mass is 19.1. The molecule has 1 atom stereocenters. The summed E-state index contributed by atoms with van der Waals surface area (Å²) in [5, 5.41) is 2.30. The first-order chi connectivity index (χ1) is 7.86. The Morgan fingerprint density at radius 2 is 2.12 bits per heavy atom. The van der Waals surface area contributed by atoms with Gasteiger partial charge in [-0.25, -0.2) is 8.78 Å². The summed E-state index contributed by atoms with van der Waals surface area (Å²) in [6.45, 7) is 3.45. The van der Waals surface area contributed by atoms with Gasteiger partial charge in [0.1, 0.15) is 11.6 Å². The number of anilines is 1. The molecule has 1 aromatic carbocycles. The molecule has 0 heterocycles. The van der Waals surface area contributed by atoms with Crippen LogP contribution in [0.1, 0.15) is 26.7 Å². The average Bonchev–Trinajstić information content (AvgIpc) is 2.23.